The van der Waals surface area contributed by atoms with Gasteiger partial charge in [0.15, 0.2) is 10.3 Å². The van der Waals surface area contributed by atoms with E-state index >= 15 is 0 Å². The second kappa shape index (κ2) is 7.10. The van der Waals surface area contributed by atoms with Crippen LogP contribution in [0, 0.1) is 0 Å². The van der Waals surface area contributed by atoms with E-state index in [1.165, 1.54) is 4.70 Å². The van der Waals surface area contributed by atoms with Crippen LogP contribution in [0.5, 0.6) is 11.5 Å². The molecule has 5 rings (SSSR count). The first kappa shape index (κ1) is 17.5. The Morgan fingerprint density at radius 2 is 1.50 bits per heavy atom. The topological polar surface area (TPSA) is 50.7 Å². The highest BCUT2D eigenvalue weighted by Gasteiger charge is 2.23. The van der Waals surface area contributed by atoms with Gasteiger partial charge in [0, 0.05) is 32.2 Å². The van der Waals surface area contributed by atoms with Gasteiger partial charge in [-0.3, -0.25) is 0 Å². The van der Waals surface area contributed by atoms with Crippen molar-refractivity contribution in [3.05, 3.63) is 36.4 Å². The maximum absolute atomic E-state index is 5.50. The van der Waals surface area contributed by atoms with Gasteiger partial charge in [-0.15, -0.1) is 0 Å². The molecule has 0 radical (unpaired) electrons. The monoisotopic (exact) mass is 412 g/mol. The van der Waals surface area contributed by atoms with Gasteiger partial charge in [-0.1, -0.05) is 34.8 Å². The maximum atomic E-state index is 5.50. The van der Waals surface area contributed by atoms with E-state index in [1.807, 2.05) is 18.2 Å². The van der Waals surface area contributed by atoms with Crippen LogP contribution in [0.15, 0.2) is 36.4 Å². The molecule has 0 amide bonds. The Morgan fingerprint density at radius 1 is 0.821 bits per heavy atom. The molecule has 2 aromatic heterocycles. The Bertz CT molecular complexity index is 1100. The van der Waals surface area contributed by atoms with Crippen LogP contribution in [0.25, 0.3) is 20.4 Å². The summed E-state index contributed by atoms with van der Waals surface area (Å²) in [4.78, 5) is 14.4. The number of hydrogen-bond donors (Lipinski definition) is 0. The molecule has 1 aliphatic rings. The van der Waals surface area contributed by atoms with Crippen LogP contribution >= 0.6 is 22.7 Å². The zero-order valence-electron chi connectivity index (χ0n) is 15.7. The van der Waals surface area contributed by atoms with Gasteiger partial charge in [-0.05, 0) is 18.2 Å². The summed E-state index contributed by atoms with van der Waals surface area (Å²) in [6.07, 6.45) is 0. The van der Waals surface area contributed by atoms with Gasteiger partial charge < -0.3 is 19.3 Å². The number of aromatic nitrogens is 2. The SMILES string of the molecule is COc1cc(OC)c2nc(N3CCN(c4nc5ccccc5s4)CC3)sc2c1. The summed E-state index contributed by atoms with van der Waals surface area (Å²) < 4.78 is 13.2. The van der Waals surface area contributed by atoms with E-state index in [4.69, 9.17) is 19.4 Å². The van der Waals surface area contributed by atoms with Crippen LogP contribution in [0.4, 0.5) is 10.3 Å². The van der Waals surface area contributed by atoms with E-state index in [9.17, 15) is 0 Å². The molecule has 0 atom stereocenters. The first-order valence-electron chi connectivity index (χ1n) is 9.13. The van der Waals surface area contributed by atoms with Crippen molar-refractivity contribution in [1.29, 1.82) is 0 Å². The minimum atomic E-state index is 0.755. The Balaban J connectivity index is 1.36. The number of ether oxygens (including phenoxy) is 2. The predicted octanol–water partition coefficient (Wildman–Crippen LogP) is 4.25. The van der Waals surface area contributed by atoms with Crippen LogP contribution in [0.2, 0.25) is 0 Å². The molecule has 4 aromatic rings. The third-order valence-electron chi connectivity index (χ3n) is 4.98. The zero-order chi connectivity index (χ0) is 19.1. The van der Waals surface area contributed by atoms with Gasteiger partial charge in [0.1, 0.15) is 17.0 Å². The lowest BCUT2D eigenvalue weighted by molar-refractivity contribution is 0.397. The molecule has 1 saturated heterocycles. The van der Waals surface area contributed by atoms with Gasteiger partial charge in [0.05, 0.1) is 29.1 Å². The number of hydrogen-bond acceptors (Lipinski definition) is 8. The van der Waals surface area contributed by atoms with Gasteiger partial charge in [-0.25, -0.2) is 9.97 Å². The molecule has 6 nitrogen and oxygen atoms in total. The fourth-order valence-corrected chi connectivity index (χ4v) is 5.54. The second-order valence-corrected chi connectivity index (χ2v) is 8.63. The van der Waals surface area contributed by atoms with E-state index in [0.717, 1.165) is 63.7 Å². The fraction of sp³-hybridized carbons (Fsp3) is 0.300. The zero-order valence-corrected chi connectivity index (χ0v) is 17.3. The number of nitrogens with zero attached hydrogens (tertiary/aromatic N) is 4. The lowest BCUT2D eigenvalue weighted by Crippen LogP contribution is -2.46. The molecule has 1 fully saturated rings. The summed E-state index contributed by atoms with van der Waals surface area (Å²) in [5, 5.41) is 2.14. The predicted molar refractivity (Wildman–Crippen MR) is 117 cm³/mol. The first-order valence-corrected chi connectivity index (χ1v) is 10.8. The smallest absolute Gasteiger partial charge is 0.186 e. The van der Waals surface area contributed by atoms with Crippen molar-refractivity contribution in [2.24, 2.45) is 0 Å². The van der Waals surface area contributed by atoms with Crippen LogP contribution in [0.1, 0.15) is 0 Å². The summed E-state index contributed by atoms with van der Waals surface area (Å²) in [6.45, 7) is 3.73. The Morgan fingerprint density at radius 3 is 2.18 bits per heavy atom. The quantitative estimate of drug-likeness (QED) is 0.499. The van der Waals surface area contributed by atoms with Crippen molar-refractivity contribution in [1.82, 2.24) is 9.97 Å². The fourth-order valence-electron chi connectivity index (χ4n) is 3.46. The average molecular weight is 413 g/mol. The largest absolute Gasteiger partial charge is 0.497 e. The minimum Gasteiger partial charge on any atom is -0.497 e. The van der Waals surface area contributed by atoms with Crippen molar-refractivity contribution >= 4 is 53.4 Å². The number of benzene rings is 2. The molecular weight excluding hydrogens is 392 g/mol. The molecule has 0 N–H and O–H groups in total. The number of fused-ring (bicyclic) bond motifs is 2. The number of para-hydroxylation sites is 1. The summed E-state index contributed by atoms with van der Waals surface area (Å²) in [7, 11) is 3.34. The van der Waals surface area contributed by atoms with E-state index in [-0.39, 0.29) is 0 Å². The lowest BCUT2D eigenvalue weighted by atomic mass is 10.3. The van der Waals surface area contributed by atoms with E-state index in [0.29, 0.717) is 0 Å². The van der Waals surface area contributed by atoms with E-state index < -0.39 is 0 Å². The van der Waals surface area contributed by atoms with Gasteiger partial charge >= 0.3 is 0 Å². The molecule has 2 aromatic carbocycles. The highest BCUT2D eigenvalue weighted by atomic mass is 32.1. The van der Waals surface area contributed by atoms with Crippen LogP contribution in [-0.2, 0) is 0 Å². The molecular formula is C20H20N4O2S2. The highest BCUT2D eigenvalue weighted by molar-refractivity contribution is 7.22. The average Bonchev–Trinajstić information content (AvgIpc) is 3.37. The summed E-state index contributed by atoms with van der Waals surface area (Å²) >= 11 is 3.45. The van der Waals surface area contributed by atoms with Crippen LogP contribution in [0.3, 0.4) is 0 Å². The molecule has 0 aliphatic carbocycles. The third kappa shape index (κ3) is 3.02. The normalized spacial score (nSPS) is 14.8. The second-order valence-electron chi connectivity index (χ2n) is 6.61. The molecule has 0 spiro atoms. The molecule has 3 heterocycles. The van der Waals surface area contributed by atoms with E-state index in [2.05, 4.69) is 28.0 Å². The highest BCUT2D eigenvalue weighted by Crippen LogP contribution is 2.38. The van der Waals surface area contributed by atoms with E-state index in [1.54, 1.807) is 36.9 Å². The molecule has 1 aliphatic heterocycles. The molecule has 0 saturated carbocycles. The standard InChI is InChI=1S/C20H20N4O2S2/c1-25-13-11-15(26-2)18-17(12-13)28-20(22-18)24-9-7-23(8-10-24)19-21-14-5-3-4-6-16(14)27-19/h3-6,11-12H,7-10H2,1-2H3. The molecule has 28 heavy (non-hydrogen) atoms. The number of thiazole rings is 2. The first-order chi connectivity index (χ1) is 13.7. The maximum Gasteiger partial charge on any atom is 0.186 e. The van der Waals surface area contributed by atoms with Gasteiger partial charge in [0.25, 0.3) is 0 Å². The number of rotatable bonds is 4. The van der Waals surface area contributed by atoms with Crippen molar-refractivity contribution in [3.63, 3.8) is 0 Å². The van der Waals surface area contributed by atoms with Crippen molar-refractivity contribution in [3.8, 4) is 11.5 Å². The van der Waals surface area contributed by atoms with Crippen LogP contribution < -0.4 is 19.3 Å². The number of methoxy groups -OCH3 is 2. The number of anilines is 2. The van der Waals surface area contributed by atoms with Crippen molar-refractivity contribution in [2.75, 3.05) is 50.2 Å². The van der Waals surface area contributed by atoms with Gasteiger partial charge in [0.2, 0.25) is 0 Å². The van der Waals surface area contributed by atoms with Crippen molar-refractivity contribution < 1.29 is 9.47 Å². The summed E-state index contributed by atoms with van der Waals surface area (Å²) in [5.74, 6) is 1.55. The summed E-state index contributed by atoms with van der Waals surface area (Å²) in [6, 6.07) is 12.2. The third-order valence-corrected chi connectivity index (χ3v) is 7.14. The molecule has 0 unspecified atom stereocenters. The molecule has 8 heteroatoms. The Labute approximate surface area is 171 Å². The minimum absolute atomic E-state index is 0.755. The Kier molecular flexibility index (Phi) is 4.44. The molecule has 0 bridgehead atoms. The van der Waals surface area contributed by atoms with Gasteiger partial charge in [-0.2, -0.15) is 0 Å². The summed E-state index contributed by atoms with van der Waals surface area (Å²) in [5.41, 5.74) is 1.98. The molecule has 144 valence electrons. The number of piperazine rings is 1. The lowest BCUT2D eigenvalue weighted by Gasteiger charge is -2.34. The van der Waals surface area contributed by atoms with Crippen molar-refractivity contribution in [2.45, 2.75) is 0 Å². The Hall–Kier alpha value is -2.58. The van der Waals surface area contributed by atoms with Crippen LogP contribution in [-0.4, -0.2) is 50.4 Å².